The minimum Gasteiger partial charge on any atom is -0.454 e. The third-order valence-electron chi connectivity index (χ3n) is 4.46. The van der Waals surface area contributed by atoms with Crippen molar-refractivity contribution in [1.29, 1.82) is 0 Å². The van der Waals surface area contributed by atoms with E-state index in [1.54, 1.807) is 13.8 Å². The lowest BCUT2D eigenvalue weighted by Gasteiger charge is -2.18. The molecule has 3 rings (SSSR count). The summed E-state index contributed by atoms with van der Waals surface area (Å²) in [5.74, 6) is -0.687. The van der Waals surface area contributed by atoms with Crippen LogP contribution in [-0.4, -0.2) is 54.4 Å². The molecule has 0 atom stereocenters. The SMILES string of the molecule is CCN(CC)S(=O)(=O)c1ccc(C(=O)NCC(=O)OCc2nc(-c3ccsc3)no2)cc1. The van der Waals surface area contributed by atoms with Crippen LogP contribution >= 0.6 is 11.3 Å². The highest BCUT2D eigenvalue weighted by atomic mass is 32.2. The van der Waals surface area contributed by atoms with Gasteiger partial charge < -0.3 is 14.6 Å². The smallest absolute Gasteiger partial charge is 0.325 e. The molecule has 1 amide bonds. The molecule has 32 heavy (non-hydrogen) atoms. The molecule has 1 aromatic carbocycles. The summed E-state index contributed by atoms with van der Waals surface area (Å²) in [5, 5.41) is 9.98. The molecule has 0 aliphatic carbocycles. The summed E-state index contributed by atoms with van der Waals surface area (Å²) in [4.78, 5) is 28.4. The summed E-state index contributed by atoms with van der Waals surface area (Å²) in [6, 6.07) is 7.35. The van der Waals surface area contributed by atoms with Crippen molar-refractivity contribution in [1.82, 2.24) is 19.8 Å². The number of amides is 1. The number of esters is 1. The Bertz CT molecular complexity index is 1150. The number of aromatic nitrogens is 2. The number of nitrogens with zero attached hydrogens (tertiary/aromatic N) is 3. The molecule has 0 aliphatic rings. The number of rotatable bonds is 10. The van der Waals surface area contributed by atoms with E-state index in [0.29, 0.717) is 18.9 Å². The van der Waals surface area contributed by atoms with E-state index >= 15 is 0 Å². The average molecular weight is 479 g/mol. The maximum Gasteiger partial charge on any atom is 0.325 e. The summed E-state index contributed by atoms with van der Waals surface area (Å²) in [5.41, 5.74) is 1.02. The van der Waals surface area contributed by atoms with Crippen LogP contribution in [0.25, 0.3) is 11.4 Å². The molecular formula is C20H22N4O6S2. The Kier molecular flexibility index (Phi) is 7.72. The molecule has 3 aromatic rings. The molecule has 0 spiro atoms. The Morgan fingerprint density at radius 2 is 1.88 bits per heavy atom. The fourth-order valence-electron chi connectivity index (χ4n) is 2.76. The number of hydrogen-bond acceptors (Lipinski definition) is 9. The fourth-order valence-corrected chi connectivity index (χ4v) is 4.85. The second-order valence-corrected chi connectivity index (χ2v) is 9.20. The first-order valence-electron chi connectivity index (χ1n) is 9.74. The number of carbonyl (C=O) groups is 2. The van der Waals surface area contributed by atoms with E-state index in [4.69, 9.17) is 9.26 Å². The Labute approximate surface area is 189 Å². The van der Waals surface area contributed by atoms with Gasteiger partial charge in [-0.3, -0.25) is 9.59 Å². The molecule has 2 heterocycles. The molecule has 0 fully saturated rings. The van der Waals surface area contributed by atoms with Crippen LogP contribution in [0.2, 0.25) is 0 Å². The molecule has 0 saturated carbocycles. The van der Waals surface area contributed by atoms with Gasteiger partial charge in [0.2, 0.25) is 15.8 Å². The van der Waals surface area contributed by atoms with E-state index in [2.05, 4.69) is 15.5 Å². The molecule has 1 N–H and O–H groups in total. The minimum atomic E-state index is -3.61. The Hall–Kier alpha value is -3.09. The summed E-state index contributed by atoms with van der Waals surface area (Å²) in [6.45, 7) is 3.61. The van der Waals surface area contributed by atoms with Crippen LogP contribution in [0.5, 0.6) is 0 Å². The van der Waals surface area contributed by atoms with Crippen molar-refractivity contribution in [2.75, 3.05) is 19.6 Å². The molecule has 2 aromatic heterocycles. The molecule has 0 bridgehead atoms. The van der Waals surface area contributed by atoms with Crippen molar-refractivity contribution in [3.63, 3.8) is 0 Å². The first kappa shape index (κ1) is 23.6. The topological polar surface area (TPSA) is 132 Å². The van der Waals surface area contributed by atoms with Crippen LogP contribution in [-0.2, 0) is 26.2 Å². The first-order chi connectivity index (χ1) is 15.3. The maximum atomic E-state index is 12.5. The summed E-state index contributed by atoms with van der Waals surface area (Å²) in [6.07, 6.45) is 0. The van der Waals surface area contributed by atoms with Crippen LogP contribution in [0.1, 0.15) is 30.1 Å². The molecule has 0 saturated heterocycles. The Balaban J connectivity index is 1.49. The van der Waals surface area contributed by atoms with Gasteiger partial charge in [-0.25, -0.2) is 8.42 Å². The highest BCUT2D eigenvalue weighted by molar-refractivity contribution is 7.89. The molecule has 12 heteroatoms. The van der Waals surface area contributed by atoms with Crippen molar-refractivity contribution in [3.05, 3.63) is 52.5 Å². The predicted octanol–water partition coefficient (Wildman–Crippen LogP) is 2.30. The van der Waals surface area contributed by atoms with E-state index in [1.807, 2.05) is 16.8 Å². The van der Waals surface area contributed by atoms with E-state index in [1.165, 1.54) is 39.9 Å². The standard InChI is InChI=1S/C20H22N4O6S2/c1-3-24(4-2)32(27,28)16-7-5-14(6-8-16)20(26)21-11-18(25)29-12-17-22-19(23-30-17)15-9-10-31-13-15/h5-10,13H,3-4,11-12H2,1-2H3,(H,21,26). The highest BCUT2D eigenvalue weighted by Gasteiger charge is 2.21. The second kappa shape index (κ2) is 10.5. The van der Waals surface area contributed by atoms with Gasteiger partial charge in [-0.1, -0.05) is 19.0 Å². The van der Waals surface area contributed by atoms with Crippen LogP contribution in [0.15, 0.2) is 50.5 Å². The molecule has 0 aliphatic heterocycles. The van der Waals surface area contributed by atoms with Gasteiger partial charge in [0.25, 0.3) is 11.8 Å². The lowest BCUT2D eigenvalue weighted by Crippen LogP contribution is -2.31. The minimum absolute atomic E-state index is 0.0959. The van der Waals surface area contributed by atoms with E-state index in [0.717, 1.165) is 5.56 Å². The van der Waals surface area contributed by atoms with Gasteiger partial charge in [0.15, 0.2) is 6.61 Å². The van der Waals surface area contributed by atoms with Crippen molar-refractivity contribution < 1.29 is 27.3 Å². The molecule has 0 unspecified atom stereocenters. The lowest BCUT2D eigenvalue weighted by atomic mass is 10.2. The van der Waals surface area contributed by atoms with E-state index in [-0.39, 0.29) is 29.5 Å². The fraction of sp³-hybridized carbons (Fsp3) is 0.300. The average Bonchev–Trinajstić information content (AvgIpc) is 3.48. The van der Waals surface area contributed by atoms with Crippen molar-refractivity contribution in [3.8, 4) is 11.4 Å². The van der Waals surface area contributed by atoms with Gasteiger partial charge in [0.05, 0.1) is 4.90 Å². The number of hydrogen-bond donors (Lipinski definition) is 1. The van der Waals surface area contributed by atoms with E-state index < -0.39 is 21.9 Å². The molecule has 170 valence electrons. The van der Waals surface area contributed by atoms with E-state index in [9.17, 15) is 18.0 Å². The van der Waals surface area contributed by atoms with Gasteiger partial charge in [-0.2, -0.15) is 20.6 Å². The molecule has 10 nitrogen and oxygen atoms in total. The van der Waals surface area contributed by atoms with Gasteiger partial charge >= 0.3 is 5.97 Å². The van der Waals surface area contributed by atoms with Crippen molar-refractivity contribution in [2.24, 2.45) is 0 Å². The summed E-state index contributed by atoms with van der Waals surface area (Å²) in [7, 11) is -3.61. The molecular weight excluding hydrogens is 456 g/mol. The number of nitrogens with one attached hydrogen (secondary N) is 1. The molecule has 0 radical (unpaired) electrons. The van der Waals surface area contributed by atoms with Crippen LogP contribution in [0.3, 0.4) is 0 Å². The quantitative estimate of drug-likeness (QED) is 0.439. The third-order valence-corrected chi connectivity index (χ3v) is 7.20. The number of carbonyl (C=O) groups excluding carboxylic acids is 2. The maximum absolute atomic E-state index is 12.5. The zero-order valence-electron chi connectivity index (χ0n) is 17.5. The Morgan fingerprint density at radius 1 is 1.16 bits per heavy atom. The van der Waals surface area contributed by atoms with Gasteiger partial charge in [0, 0.05) is 29.6 Å². The van der Waals surface area contributed by atoms with Gasteiger partial charge in [-0.05, 0) is 35.7 Å². The number of sulfonamides is 1. The zero-order valence-corrected chi connectivity index (χ0v) is 19.1. The number of ether oxygens (including phenoxy) is 1. The van der Waals surface area contributed by atoms with Crippen molar-refractivity contribution >= 4 is 33.2 Å². The van der Waals surface area contributed by atoms with Gasteiger partial charge in [0.1, 0.15) is 6.54 Å². The van der Waals surface area contributed by atoms with Crippen molar-refractivity contribution in [2.45, 2.75) is 25.3 Å². The highest BCUT2D eigenvalue weighted by Crippen LogP contribution is 2.19. The largest absolute Gasteiger partial charge is 0.454 e. The lowest BCUT2D eigenvalue weighted by molar-refractivity contribution is -0.144. The summed E-state index contributed by atoms with van der Waals surface area (Å²) < 4.78 is 36.4. The Morgan fingerprint density at radius 3 is 2.50 bits per heavy atom. The predicted molar refractivity (Wildman–Crippen MR) is 116 cm³/mol. The third kappa shape index (κ3) is 5.58. The second-order valence-electron chi connectivity index (χ2n) is 6.48. The van der Waals surface area contributed by atoms with Crippen LogP contribution in [0.4, 0.5) is 0 Å². The normalized spacial score (nSPS) is 11.5. The number of benzene rings is 1. The number of thiophene rings is 1. The van der Waals surface area contributed by atoms with Gasteiger partial charge in [-0.15, -0.1) is 0 Å². The monoisotopic (exact) mass is 478 g/mol. The zero-order chi connectivity index (χ0) is 23.1. The van der Waals surface area contributed by atoms with Crippen LogP contribution in [0, 0.1) is 0 Å². The first-order valence-corrected chi connectivity index (χ1v) is 12.1. The van der Waals surface area contributed by atoms with Crippen LogP contribution < -0.4 is 5.32 Å². The summed E-state index contributed by atoms with van der Waals surface area (Å²) >= 11 is 1.50.